The maximum atomic E-state index is 7.04. The van der Waals surface area contributed by atoms with Gasteiger partial charge in [-0.2, -0.15) is 0 Å². The van der Waals surface area contributed by atoms with Crippen LogP contribution in [-0.2, 0) is 0 Å². The van der Waals surface area contributed by atoms with Crippen molar-refractivity contribution in [1.82, 2.24) is 15.0 Å². The van der Waals surface area contributed by atoms with Gasteiger partial charge in [0.15, 0.2) is 5.58 Å². The highest BCUT2D eigenvalue weighted by molar-refractivity contribution is 6.23. The molecule has 4 heteroatoms. The molecule has 75 heavy (non-hydrogen) atoms. The third kappa shape index (κ3) is 7.58. The topological polar surface area (TPSA) is 51.8 Å². The van der Waals surface area contributed by atoms with Gasteiger partial charge in [-0.05, 0) is 143 Å². The van der Waals surface area contributed by atoms with Gasteiger partial charge in [0.25, 0.3) is 0 Å². The summed E-state index contributed by atoms with van der Waals surface area (Å²) in [6, 6.07) is 93.2. The lowest BCUT2D eigenvalue weighted by atomic mass is 9.94. The van der Waals surface area contributed by atoms with Crippen LogP contribution in [0.2, 0.25) is 0 Å². The van der Waals surface area contributed by atoms with Gasteiger partial charge in [-0.15, -0.1) is 0 Å². The summed E-state index contributed by atoms with van der Waals surface area (Å²) in [5.41, 5.74) is 14.1. The molecule has 15 rings (SSSR count). The molecule has 348 valence electrons. The maximum Gasteiger partial charge on any atom is 0.227 e. The first-order valence-electron chi connectivity index (χ1n) is 25.5. The fourth-order valence-electron chi connectivity index (χ4n) is 11.1. The normalized spacial score (nSPS) is 11.7. The summed E-state index contributed by atoms with van der Waals surface area (Å²) in [6.45, 7) is 0. The molecule has 0 aliphatic heterocycles. The fourth-order valence-corrected chi connectivity index (χ4v) is 11.1. The van der Waals surface area contributed by atoms with Crippen LogP contribution in [0.15, 0.2) is 265 Å². The number of oxazole rings is 1. The highest BCUT2D eigenvalue weighted by Crippen LogP contribution is 2.42. The van der Waals surface area contributed by atoms with Crippen LogP contribution in [0.25, 0.3) is 154 Å². The molecular formula is C71H43N3O. The van der Waals surface area contributed by atoms with Crippen molar-refractivity contribution in [1.29, 1.82) is 0 Å². The SMILES string of the molecule is c1ccc2cc(-c3cc(-c4cc(-c5cc(-c6ccc7ccccc7c6)cc(-c6ccc7ccccc7c6)n5)cc(-c5nc6c7ccccc7c7ccccc7c6o5)c4)nc(-c4ccc5ccccc5c4)c3)ccc2c1. The summed E-state index contributed by atoms with van der Waals surface area (Å²) in [5.74, 6) is 0.524. The molecule has 12 aromatic carbocycles. The van der Waals surface area contributed by atoms with Crippen LogP contribution in [0.4, 0.5) is 0 Å². The number of pyridine rings is 2. The zero-order chi connectivity index (χ0) is 49.4. The van der Waals surface area contributed by atoms with Gasteiger partial charge in [0.05, 0.1) is 22.8 Å². The van der Waals surface area contributed by atoms with Gasteiger partial charge in [-0.25, -0.2) is 15.0 Å². The van der Waals surface area contributed by atoms with E-state index < -0.39 is 0 Å². The minimum absolute atomic E-state index is 0.524. The summed E-state index contributed by atoms with van der Waals surface area (Å²) < 4.78 is 7.04. The third-order valence-corrected chi connectivity index (χ3v) is 14.9. The Balaban J connectivity index is 0.995. The summed E-state index contributed by atoms with van der Waals surface area (Å²) in [7, 11) is 0. The standard InChI is InChI=1S/C71H43N3O/c1-5-17-48-33-52(29-25-44(48)13-1)56-40-65(54-31-27-46-15-3-7-19-50(46)35-54)72-67(42-56)58-37-59(39-60(38-58)71-74-69-63-23-11-9-21-61(63)62-22-10-12-24-64(62)70(69)75-71)68-43-57(53-30-26-45-14-2-6-18-49(45)34-53)41-66(73-68)55-32-28-47-16-4-8-20-51(47)36-55/h1-43H. The van der Waals surface area contributed by atoms with E-state index in [-0.39, 0.29) is 0 Å². The predicted octanol–water partition coefficient (Wildman–Crippen LogP) is 19.2. The average Bonchev–Trinajstić information content (AvgIpc) is 3.98. The van der Waals surface area contributed by atoms with Crippen LogP contribution >= 0.6 is 0 Å². The Hall–Kier alpha value is -10.0. The Labute approximate surface area is 432 Å². The van der Waals surface area contributed by atoms with E-state index in [0.717, 1.165) is 116 Å². The molecule has 3 aromatic heterocycles. The van der Waals surface area contributed by atoms with E-state index in [2.05, 4.69) is 261 Å². The minimum Gasteiger partial charge on any atom is -0.435 e. The van der Waals surface area contributed by atoms with E-state index in [4.69, 9.17) is 19.4 Å². The molecule has 0 aliphatic carbocycles. The lowest BCUT2D eigenvalue weighted by Crippen LogP contribution is -1.95. The lowest BCUT2D eigenvalue weighted by Gasteiger charge is -2.15. The zero-order valence-corrected chi connectivity index (χ0v) is 40.6. The molecule has 0 aliphatic rings. The van der Waals surface area contributed by atoms with Gasteiger partial charge in [0.2, 0.25) is 5.89 Å². The van der Waals surface area contributed by atoms with Crippen LogP contribution in [0, 0.1) is 0 Å². The Kier molecular flexibility index (Phi) is 9.85. The predicted molar refractivity (Wildman–Crippen MR) is 313 cm³/mol. The second-order valence-electron chi connectivity index (χ2n) is 19.6. The molecule has 0 spiro atoms. The van der Waals surface area contributed by atoms with Gasteiger partial charge in [-0.1, -0.05) is 194 Å². The maximum absolute atomic E-state index is 7.04. The number of nitrogens with zero attached hydrogens (tertiary/aromatic N) is 3. The lowest BCUT2D eigenvalue weighted by molar-refractivity contribution is 0.623. The van der Waals surface area contributed by atoms with E-state index in [0.29, 0.717) is 5.89 Å². The van der Waals surface area contributed by atoms with E-state index >= 15 is 0 Å². The van der Waals surface area contributed by atoms with E-state index in [1.54, 1.807) is 0 Å². The second-order valence-corrected chi connectivity index (χ2v) is 19.6. The van der Waals surface area contributed by atoms with Crippen molar-refractivity contribution >= 4 is 75.7 Å². The molecule has 0 atom stereocenters. The molecule has 0 saturated carbocycles. The van der Waals surface area contributed by atoms with Crippen molar-refractivity contribution in [3.63, 3.8) is 0 Å². The van der Waals surface area contributed by atoms with E-state index in [1.807, 2.05) is 0 Å². The highest BCUT2D eigenvalue weighted by Gasteiger charge is 2.20. The van der Waals surface area contributed by atoms with Crippen LogP contribution in [0.1, 0.15) is 0 Å². The number of aromatic nitrogens is 3. The highest BCUT2D eigenvalue weighted by atomic mass is 16.3. The monoisotopic (exact) mass is 953 g/mol. The average molecular weight is 954 g/mol. The third-order valence-electron chi connectivity index (χ3n) is 14.9. The molecule has 0 bridgehead atoms. The molecule has 3 heterocycles. The summed E-state index contributed by atoms with van der Waals surface area (Å²) in [4.78, 5) is 16.6. The fraction of sp³-hybridized carbons (Fsp3) is 0. The molecule has 15 aromatic rings. The van der Waals surface area contributed by atoms with Crippen LogP contribution < -0.4 is 0 Å². The summed E-state index contributed by atoms with van der Waals surface area (Å²) in [5, 5.41) is 13.8. The van der Waals surface area contributed by atoms with Crippen molar-refractivity contribution in [3.8, 4) is 78.7 Å². The number of benzene rings is 12. The van der Waals surface area contributed by atoms with Gasteiger partial charge in [-0.3, -0.25) is 0 Å². The minimum atomic E-state index is 0.524. The largest absolute Gasteiger partial charge is 0.435 e. The van der Waals surface area contributed by atoms with Crippen LogP contribution in [-0.4, -0.2) is 15.0 Å². The number of hydrogen-bond acceptors (Lipinski definition) is 4. The van der Waals surface area contributed by atoms with Gasteiger partial charge >= 0.3 is 0 Å². The molecule has 4 nitrogen and oxygen atoms in total. The van der Waals surface area contributed by atoms with Crippen LogP contribution in [0.3, 0.4) is 0 Å². The van der Waals surface area contributed by atoms with Crippen molar-refractivity contribution in [2.75, 3.05) is 0 Å². The quantitative estimate of drug-likeness (QED) is 0.149. The van der Waals surface area contributed by atoms with Crippen LogP contribution in [0.5, 0.6) is 0 Å². The molecule has 0 N–H and O–H groups in total. The Morgan fingerprint density at radius 2 is 0.547 bits per heavy atom. The van der Waals surface area contributed by atoms with Gasteiger partial charge < -0.3 is 4.42 Å². The Morgan fingerprint density at radius 1 is 0.213 bits per heavy atom. The van der Waals surface area contributed by atoms with Crippen molar-refractivity contribution in [3.05, 3.63) is 261 Å². The first kappa shape index (κ1) is 42.6. The first-order chi connectivity index (χ1) is 37.1. The van der Waals surface area contributed by atoms with Gasteiger partial charge in [0.1, 0.15) is 5.52 Å². The molecular weight excluding hydrogens is 911 g/mol. The van der Waals surface area contributed by atoms with Gasteiger partial charge in [0, 0.05) is 38.6 Å². The molecule has 0 amide bonds. The Bertz CT molecular complexity index is 4310. The van der Waals surface area contributed by atoms with Crippen molar-refractivity contribution in [2.45, 2.75) is 0 Å². The number of hydrogen-bond donors (Lipinski definition) is 0. The van der Waals surface area contributed by atoms with E-state index in [1.165, 1.54) is 32.3 Å². The van der Waals surface area contributed by atoms with Crippen molar-refractivity contribution < 1.29 is 4.42 Å². The molecule has 0 unspecified atom stereocenters. The summed E-state index contributed by atoms with van der Waals surface area (Å²) in [6.07, 6.45) is 0. The number of rotatable bonds is 7. The smallest absolute Gasteiger partial charge is 0.227 e. The number of fused-ring (bicyclic) bond motifs is 10. The zero-order valence-electron chi connectivity index (χ0n) is 40.6. The first-order valence-corrected chi connectivity index (χ1v) is 25.5. The summed E-state index contributed by atoms with van der Waals surface area (Å²) >= 11 is 0. The van der Waals surface area contributed by atoms with E-state index in [9.17, 15) is 0 Å². The van der Waals surface area contributed by atoms with Crippen molar-refractivity contribution in [2.24, 2.45) is 0 Å². The molecule has 0 radical (unpaired) electrons. The second kappa shape index (κ2) is 17.3. The molecule has 0 saturated heterocycles. The molecule has 0 fully saturated rings. The Morgan fingerprint density at radius 3 is 1.00 bits per heavy atom.